The molecule has 3 nitrogen and oxygen atoms in total. The Morgan fingerprint density at radius 2 is 2.11 bits per heavy atom. The lowest BCUT2D eigenvalue weighted by Crippen LogP contribution is -2.13. The van der Waals surface area contributed by atoms with Gasteiger partial charge in [-0.05, 0) is 49.3 Å². The molecule has 1 heterocycles. The van der Waals surface area contributed by atoms with E-state index in [0.29, 0.717) is 5.41 Å². The molecule has 1 aromatic carbocycles. The van der Waals surface area contributed by atoms with Gasteiger partial charge in [-0.3, -0.25) is 0 Å². The highest BCUT2D eigenvalue weighted by atomic mass is 15.1. The van der Waals surface area contributed by atoms with Gasteiger partial charge in [-0.25, -0.2) is 4.98 Å². The van der Waals surface area contributed by atoms with E-state index in [2.05, 4.69) is 24.5 Å². The molecule has 0 amide bonds. The van der Waals surface area contributed by atoms with E-state index in [1.807, 2.05) is 12.1 Å². The Balaban J connectivity index is 2.06. The Labute approximate surface area is 114 Å². The lowest BCUT2D eigenvalue weighted by atomic mass is 10.0. The lowest BCUT2D eigenvalue weighted by molar-refractivity contribution is 0.407. The van der Waals surface area contributed by atoms with E-state index in [4.69, 9.17) is 10.7 Å². The van der Waals surface area contributed by atoms with E-state index < -0.39 is 0 Å². The van der Waals surface area contributed by atoms with Crippen LogP contribution in [0, 0.1) is 5.41 Å². The summed E-state index contributed by atoms with van der Waals surface area (Å²) in [6, 6.07) is 6.11. The van der Waals surface area contributed by atoms with E-state index in [0.717, 1.165) is 30.6 Å². The second kappa shape index (κ2) is 4.55. The number of nitrogens with zero attached hydrogens (tertiary/aromatic N) is 2. The van der Waals surface area contributed by atoms with Crippen molar-refractivity contribution in [2.24, 2.45) is 5.41 Å². The third-order valence-electron chi connectivity index (χ3n) is 4.53. The third kappa shape index (κ3) is 2.22. The Morgan fingerprint density at radius 3 is 2.74 bits per heavy atom. The molecule has 1 aromatic heterocycles. The fraction of sp³-hybridized carbons (Fsp3) is 0.562. The smallest absolute Gasteiger partial charge is 0.109 e. The quantitative estimate of drug-likeness (QED) is 0.829. The molecule has 1 fully saturated rings. The maximum absolute atomic E-state index is 5.87. The molecule has 0 saturated heterocycles. The summed E-state index contributed by atoms with van der Waals surface area (Å²) in [5.41, 5.74) is 9.51. The fourth-order valence-corrected chi connectivity index (χ4v) is 2.92. The van der Waals surface area contributed by atoms with Crippen LogP contribution in [-0.4, -0.2) is 9.55 Å². The van der Waals surface area contributed by atoms with E-state index in [9.17, 15) is 0 Å². The average molecular weight is 257 g/mol. The number of aromatic nitrogens is 2. The summed E-state index contributed by atoms with van der Waals surface area (Å²) >= 11 is 0. The summed E-state index contributed by atoms with van der Waals surface area (Å²) in [5.74, 6) is 1.22. The Bertz CT molecular complexity index is 593. The highest BCUT2D eigenvalue weighted by molar-refractivity contribution is 5.79. The SMILES string of the molecule is CCCc1nc2cc(N)ccc2n1CC1(CC)CC1. The van der Waals surface area contributed by atoms with Crippen LogP contribution in [-0.2, 0) is 13.0 Å². The van der Waals surface area contributed by atoms with Gasteiger partial charge in [0.25, 0.3) is 0 Å². The van der Waals surface area contributed by atoms with Crippen molar-refractivity contribution in [3.8, 4) is 0 Å². The van der Waals surface area contributed by atoms with Gasteiger partial charge >= 0.3 is 0 Å². The topological polar surface area (TPSA) is 43.8 Å². The van der Waals surface area contributed by atoms with Crippen LogP contribution >= 0.6 is 0 Å². The molecule has 3 rings (SSSR count). The van der Waals surface area contributed by atoms with Crippen LogP contribution in [0.1, 0.15) is 45.4 Å². The monoisotopic (exact) mass is 257 g/mol. The number of hydrogen-bond donors (Lipinski definition) is 1. The maximum atomic E-state index is 5.87. The maximum Gasteiger partial charge on any atom is 0.109 e. The van der Waals surface area contributed by atoms with Gasteiger partial charge in [0, 0.05) is 18.7 Å². The van der Waals surface area contributed by atoms with Crippen LogP contribution in [0.15, 0.2) is 18.2 Å². The number of fused-ring (bicyclic) bond motifs is 1. The zero-order chi connectivity index (χ0) is 13.5. The number of nitrogens with two attached hydrogens (primary N) is 1. The first-order valence-corrected chi connectivity index (χ1v) is 7.42. The molecule has 0 aliphatic heterocycles. The van der Waals surface area contributed by atoms with E-state index in [1.165, 1.54) is 30.6 Å². The van der Waals surface area contributed by atoms with Crippen molar-refractivity contribution >= 4 is 16.7 Å². The van der Waals surface area contributed by atoms with Gasteiger partial charge in [0.05, 0.1) is 11.0 Å². The van der Waals surface area contributed by atoms with Crippen molar-refractivity contribution in [1.82, 2.24) is 9.55 Å². The zero-order valence-corrected chi connectivity index (χ0v) is 11.9. The summed E-state index contributed by atoms with van der Waals surface area (Å²) in [5, 5.41) is 0. The van der Waals surface area contributed by atoms with Crippen molar-refractivity contribution in [1.29, 1.82) is 0 Å². The van der Waals surface area contributed by atoms with Crippen LogP contribution in [0.25, 0.3) is 11.0 Å². The fourth-order valence-electron chi connectivity index (χ4n) is 2.92. The molecule has 1 aliphatic carbocycles. The molecule has 102 valence electrons. The minimum absolute atomic E-state index is 0.539. The van der Waals surface area contributed by atoms with Crippen LogP contribution in [0.2, 0.25) is 0 Å². The van der Waals surface area contributed by atoms with E-state index >= 15 is 0 Å². The normalized spacial score (nSPS) is 16.9. The second-order valence-electron chi connectivity index (χ2n) is 5.97. The molecule has 2 aromatic rings. The predicted octanol–water partition coefficient (Wildman–Crippen LogP) is 3.76. The van der Waals surface area contributed by atoms with Crippen molar-refractivity contribution in [3.63, 3.8) is 0 Å². The molecular weight excluding hydrogens is 234 g/mol. The van der Waals surface area contributed by atoms with Gasteiger partial charge in [-0.2, -0.15) is 0 Å². The van der Waals surface area contributed by atoms with Crippen molar-refractivity contribution in [2.75, 3.05) is 5.73 Å². The first-order chi connectivity index (χ1) is 9.17. The Hall–Kier alpha value is -1.51. The zero-order valence-electron chi connectivity index (χ0n) is 11.9. The highest BCUT2D eigenvalue weighted by Crippen LogP contribution is 2.50. The van der Waals surface area contributed by atoms with Gasteiger partial charge < -0.3 is 10.3 Å². The van der Waals surface area contributed by atoms with Gasteiger partial charge in [-0.15, -0.1) is 0 Å². The second-order valence-corrected chi connectivity index (χ2v) is 5.97. The Kier molecular flexibility index (Phi) is 3.00. The first-order valence-electron chi connectivity index (χ1n) is 7.42. The molecule has 0 radical (unpaired) electrons. The first kappa shape index (κ1) is 12.5. The van der Waals surface area contributed by atoms with Crippen molar-refractivity contribution in [3.05, 3.63) is 24.0 Å². The summed E-state index contributed by atoms with van der Waals surface area (Å²) < 4.78 is 2.44. The number of nitrogen functional groups attached to an aromatic ring is 1. The van der Waals surface area contributed by atoms with Gasteiger partial charge in [0.2, 0.25) is 0 Å². The van der Waals surface area contributed by atoms with Crippen LogP contribution < -0.4 is 5.73 Å². The largest absolute Gasteiger partial charge is 0.399 e. The minimum atomic E-state index is 0.539. The summed E-state index contributed by atoms with van der Waals surface area (Å²) in [6.07, 6.45) is 6.19. The molecule has 0 atom stereocenters. The predicted molar refractivity (Wildman–Crippen MR) is 80.1 cm³/mol. The number of rotatable bonds is 5. The molecule has 1 aliphatic rings. The average Bonchev–Trinajstić information content (AvgIpc) is 3.10. The van der Waals surface area contributed by atoms with E-state index in [1.54, 1.807) is 0 Å². The van der Waals surface area contributed by atoms with Crippen LogP contribution in [0.5, 0.6) is 0 Å². The number of aryl methyl sites for hydroxylation is 1. The molecule has 0 unspecified atom stereocenters. The number of hydrogen-bond acceptors (Lipinski definition) is 2. The van der Waals surface area contributed by atoms with Crippen LogP contribution in [0.3, 0.4) is 0 Å². The molecule has 0 bridgehead atoms. The number of anilines is 1. The molecule has 19 heavy (non-hydrogen) atoms. The number of imidazole rings is 1. The highest BCUT2D eigenvalue weighted by Gasteiger charge is 2.41. The van der Waals surface area contributed by atoms with Crippen molar-refractivity contribution < 1.29 is 0 Å². The standard InChI is InChI=1S/C16H23N3/c1-3-5-15-18-13-10-12(17)6-7-14(13)19(15)11-16(4-2)8-9-16/h6-7,10H,3-5,8-9,11,17H2,1-2H3. The van der Waals surface area contributed by atoms with E-state index in [-0.39, 0.29) is 0 Å². The lowest BCUT2D eigenvalue weighted by Gasteiger charge is -2.16. The van der Waals surface area contributed by atoms with Crippen LogP contribution in [0.4, 0.5) is 5.69 Å². The third-order valence-corrected chi connectivity index (χ3v) is 4.53. The summed E-state index contributed by atoms with van der Waals surface area (Å²) in [4.78, 5) is 4.79. The number of benzene rings is 1. The van der Waals surface area contributed by atoms with Crippen molar-refractivity contribution in [2.45, 2.75) is 52.5 Å². The minimum Gasteiger partial charge on any atom is -0.399 e. The summed E-state index contributed by atoms with van der Waals surface area (Å²) in [6.45, 7) is 5.65. The molecule has 1 saturated carbocycles. The Morgan fingerprint density at radius 1 is 1.32 bits per heavy atom. The van der Waals surface area contributed by atoms with Gasteiger partial charge in [0.1, 0.15) is 5.82 Å². The molecule has 3 heteroatoms. The summed E-state index contributed by atoms with van der Waals surface area (Å²) in [7, 11) is 0. The molecular formula is C16H23N3. The van der Waals surface area contributed by atoms with Gasteiger partial charge in [0.15, 0.2) is 0 Å². The molecule has 2 N–H and O–H groups in total. The van der Waals surface area contributed by atoms with Gasteiger partial charge in [-0.1, -0.05) is 13.8 Å². The molecule has 0 spiro atoms.